The number of carbonyl (C=O) groups is 8. The third kappa shape index (κ3) is 17.6. The Kier molecular flexibility index (Phi) is 25.5. The number of phenols is 1. The van der Waals surface area contributed by atoms with Gasteiger partial charge in [0.2, 0.25) is 11.8 Å². The van der Waals surface area contributed by atoms with E-state index in [2.05, 4.69) is 49.3 Å². The SMILES string of the molecule is CCC(=O)CCC(=O)Nc1ccc2c(c1)N1C(=O)c3cc(OC)c(O)cc3N=CC1C2.CCC(=O)CCC(=O)Nc1ccc2c(c1)N1C(=O)c3cc(OC)c(OCCCCCOc4cc5c(cc4OC)C(=O)N4c6ccccc6CC4C=N5)cc3N=CC1C2.COc1cc2c(cc1OCCCCCI)N=CC1Cc3ccccc3N1C2=O. The molecule has 0 saturated heterocycles. The quantitative estimate of drug-likeness (QED) is 0.0233. The van der Waals surface area contributed by atoms with Crippen LogP contribution in [0.15, 0.2) is 153 Å². The number of Topliss-reactive ketones (excluding diaryl/α,β-unsaturated/α-hetero) is 2. The van der Waals surface area contributed by atoms with E-state index < -0.39 is 0 Å². The van der Waals surface area contributed by atoms with Crippen LogP contribution in [0.2, 0.25) is 0 Å². The molecule has 26 nitrogen and oxygen atoms in total. The number of hydrogen-bond acceptors (Lipinski definition) is 20. The molecule has 8 aliphatic rings. The van der Waals surface area contributed by atoms with Crippen LogP contribution in [0.25, 0.3) is 0 Å². The topological polar surface area (TPSA) is 308 Å². The van der Waals surface area contributed by atoms with Crippen molar-refractivity contribution in [2.75, 3.05) is 82.9 Å². The highest BCUT2D eigenvalue weighted by molar-refractivity contribution is 14.1. The van der Waals surface area contributed by atoms with Gasteiger partial charge >= 0.3 is 0 Å². The molecule has 8 heterocycles. The summed E-state index contributed by atoms with van der Waals surface area (Å²) in [6, 6.07) is 39.6. The van der Waals surface area contributed by atoms with E-state index in [1.807, 2.05) is 89.0 Å². The Morgan fingerprint density at radius 2 is 0.718 bits per heavy atom. The van der Waals surface area contributed by atoms with Gasteiger partial charge in [-0.15, -0.1) is 0 Å². The van der Waals surface area contributed by atoms with Gasteiger partial charge in [0.25, 0.3) is 23.6 Å². The summed E-state index contributed by atoms with van der Waals surface area (Å²) < 4.78 is 41.4. The molecule has 27 heteroatoms. The highest BCUT2D eigenvalue weighted by atomic mass is 127. The molecule has 604 valence electrons. The van der Waals surface area contributed by atoms with Gasteiger partial charge in [0.1, 0.15) is 11.6 Å². The molecule has 16 rings (SSSR count). The number of amides is 6. The van der Waals surface area contributed by atoms with Gasteiger partial charge in [-0.1, -0.05) is 85.0 Å². The van der Waals surface area contributed by atoms with Crippen molar-refractivity contribution in [3.8, 4) is 46.0 Å². The van der Waals surface area contributed by atoms with Crippen molar-refractivity contribution in [1.29, 1.82) is 0 Å². The second kappa shape index (κ2) is 36.7. The number of carbonyl (C=O) groups excluding carboxylic acids is 8. The summed E-state index contributed by atoms with van der Waals surface area (Å²) in [5.74, 6) is 2.19. The van der Waals surface area contributed by atoms with E-state index in [1.165, 1.54) is 38.3 Å². The van der Waals surface area contributed by atoms with E-state index in [9.17, 15) is 43.5 Å². The number of aliphatic imine (C=N–C) groups is 4. The number of para-hydroxylation sites is 2. The van der Waals surface area contributed by atoms with Crippen LogP contribution in [-0.2, 0) is 44.9 Å². The minimum atomic E-state index is -0.294. The molecule has 0 spiro atoms. The number of aromatic hydroxyl groups is 1. The van der Waals surface area contributed by atoms with Crippen LogP contribution in [0.4, 0.5) is 56.9 Å². The Hall–Kier alpha value is -12.3. The number of alkyl halides is 1. The Bertz CT molecular complexity index is 5350. The van der Waals surface area contributed by atoms with Crippen molar-refractivity contribution in [1.82, 2.24) is 0 Å². The van der Waals surface area contributed by atoms with E-state index in [-0.39, 0.29) is 108 Å². The van der Waals surface area contributed by atoms with Crippen molar-refractivity contribution in [2.45, 2.75) is 141 Å². The fourth-order valence-corrected chi connectivity index (χ4v) is 16.0. The number of nitrogens with zero attached hydrogens (tertiary/aromatic N) is 8. The first kappa shape index (κ1) is 81.3. The number of ketones is 2. The molecule has 8 aliphatic heterocycles. The van der Waals surface area contributed by atoms with Crippen LogP contribution in [0.1, 0.15) is 155 Å². The normalized spacial score (nSPS) is 16.8. The molecule has 0 radical (unpaired) electrons. The second-order valence-electron chi connectivity index (χ2n) is 29.2. The predicted molar refractivity (Wildman–Crippen MR) is 459 cm³/mol. The summed E-state index contributed by atoms with van der Waals surface area (Å²) >= 11 is 2.39. The summed E-state index contributed by atoms with van der Waals surface area (Å²) in [4.78, 5) is 128. The van der Waals surface area contributed by atoms with E-state index in [0.29, 0.717) is 148 Å². The molecule has 4 atom stereocenters. The van der Waals surface area contributed by atoms with E-state index in [1.54, 1.807) is 98.8 Å². The summed E-state index contributed by atoms with van der Waals surface area (Å²) in [5, 5.41) is 15.7. The largest absolute Gasteiger partial charge is 0.504 e. The molecule has 0 aliphatic carbocycles. The van der Waals surface area contributed by atoms with Gasteiger partial charge in [0.05, 0.1) is 129 Å². The summed E-state index contributed by atoms with van der Waals surface area (Å²) in [6.07, 6.45) is 17.0. The van der Waals surface area contributed by atoms with Gasteiger partial charge in [0, 0.05) is 136 Å². The number of phenolic OH excluding ortho intramolecular Hbond substituents is 1. The third-order valence-corrected chi connectivity index (χ3v) is 22.4. The van der Waals surface area contributed by atoms with Gasteiger partial charge in [-0.05, 0) is 126 Å². The van der Waals surface area contributed by atoms with Crippen molar-refractivity contribution >= 4 is 151 Å². The van der Waals surface area contributed by atoms with Crippen LogP contribution in [0.5, 0.6) is 46.0 Å². The number of fused-ring (bicyclic) bond motifs is 16. The van der Waals surface area contributed by atoms with Gasteiger partial charge in [-0.3, -0.25) is 77.9 Å². The molecule has 4 unspecified atom stereocenters. The molecule has 8 aromatic rings. The maximum absolute atomic E-state index is 14.1. The Morgan fingerprint density at radius 3 is 1.07 bits per heavy atom. The number of methoxy groups -OCH3 is 4. The molecule has 117 heavy (non-hydrogen) atoms. The number of benzene rings is 8. The lowest BCUT2D eigenvalue weighted by molar-refractivity contribution is -0.122. The minimum Gasteiger partial charge on any atom is -0.504 e. The minimum absolute atomic E-state index is 0.0365. The molecule has 3 N–H and O–H groups in total. The molecule has 0 aromatic heterocycles. The van der Waals surface area contributed by atoms with Gasteiger partial charge in [0.15, 0.2) is 46.0 Å². The van der Waals surface area contributed by atoms with E-state index >= 15 is 0 Å². The Morgan fingerprint density at radius 1 is 0.393 bits per heavy atom. The zero-order valence-electron chi connectivity index (χ0n) is 66.0. The Labute approximate surface area is 691 Å². The first-order chi connectivity index (χ1) is 56.9. The average Bonchev–Trinajstić information content (AvgIpc) is 1.64. The lowest BCUT2D eigenvalue weighted by atomic mass is 10.1. The number of nitrogens with one attached hydrogen (secondary N) is 2. The number of anilines is 6. The van der Waals surface area contributed by atoms with Crippen LogP contribution in [-0.4, -0.2) is 154 Å². The molecule has 0 fully saturated rings. The first-order valence-electron chi connectivity index (χ1n) is 39.5. The fraction of sp³-hybridized carbons (Fsp3) is 0.333. The zero-order chi connectivity index (χ0) is 82.0. The van der Waals surface area contributed by atoms with Crippen molar-refractivity contribution in [3.05, 3.63) is 178 Å². The third-order valence-electron chi connectivity index (χ3n) is 21.7. The fourth-order valence-electron chi connectivity index (χ4n) is 15.5. The smallest absolute Gasteiger partial charge is 0.261 e. The summed E-state index contributed by atoms with van der Waals surface area (Å²) in [6.45, 7) is 5.03. The number of halogens is 1. The molecular weight excluding hydrogens is 1600 g/mol. The highest BCUT2D eigenvalue weighted by Crippen LogP contribution is 2.47. The zero-order valence-corrected chi connectivity index (χ0v) is 68.1. The maximum Gasteiger partial charge on any atom is 0.261 e. The van der Waals surface area contributed by atoms with Gasteiger partial charge in [-0.2, -0.15) is 0 Å². The van der Waals surface area contributed by atoms with Crippen LogP contribution in [0, 0.1) is 0 Å². The monoisotopic (exact) mass is 1690 g/mol. The standard InChI is InChI=1S/C45H45N5O8.C23H23N3O5.C22H23IN2O3/c1-4-32(51)14-15-43(52)48-29-13-12-28-19-31-26-47-36-24-42(40(56-3)22-34(36)45(54)50(31)38(28)20-29)58-17-9-5-8-16-57-41-23-35-33(21-39(41)55-2)44(53)49-30(25-46-35)18-27-10-6-7-11-37(27)49;1-3-16(27)6-7-22(29)25-14-5-4-13-8-15-12-24-18-11-20(28)21(31-2)10-17(18)23(30)26(15)19(13)9-14;1-27-20-12-17-18(13-21(20)28-10-6-2-5-9-23)24-14-16-11-15-7-3-4-8-19(15)25(16)22(17)26/h6-7,10-13,20-26,30-31H,4-5,8-9,14-19H2,1-3H3,(H,48,52);4-5,9-12,15,28H,3,6-8H2,1-2H3,(H,25,29);3-4,7-8,12-14,16H,2,5-6,9-11H2,1H3. The molecule has 8 aromatic carbocycles. The predicted octanol–water partition coefficient (Wildman–Crippen LogP) is 16.0. The van der Waals surface area contributed by atoms with Crippen LogP contribution < -0.4 is 63.4 Å². The highest BCUT2D eigenvalue weighted by Gasteiger charge is 2.42. The van der Waals surface area contributed by atoms with E-state index in [4.69, 9.17) is 43.1 Å². The maximum atomic E-state index is 14.1. The molecule has 0 saturated carbocycles. The second-order valence-corrected chi connectivity index (χ2v) is 30.3. The summed E-state index contributed by atoms with van der Waals surface area (Å²) in [7, 11) is 6.12. The number of rotatable bonds is 28. The number of unbranched alkanes of at least 4 members (excludes halogenated alkanes) is 4. The number of hydrogen-bond donors (Lipinski definition) is 3. The Balaban J connectivity index is 0.000000160. The van der Waals surface area contributed by atoms with Crippen LogP contribution >= 0.6 is 22.6 Å². The van der Waals surface area contributed by atoms with Gasteiger partial charge in [-0.25, -0.2) is 0 Å². The summed E-state index contributed by atoms with van der Waals surface area (Å²) in [5.41, 5.74) is 12.4. The molecule has 0 bridgehead atoms. The van der Waals surface area contributed by atoms with Crippen molar-refractivity contribution in [3.63, 3.8) is 0 Å². The average molecular weight is 1700 g/mol. The van der Waals surface area contributed by atoms with Gasteiger partial charge < -0.3 is 48.9 Å². The first-order valence-corrected chi connectivity index (χ1v) is 41.0. The molecular formula is C90H91IN10O16. The van der Waals surface area contributed by atoms with E-state index in [0.717, 1.165) is 77.4 Å². The number of ether oxygens (including phenoxy) is 7. The van der Waals surface area contributed by atoms with Crippen molar-refractivity contribution in [2.24, 2.45) is 20.0 Å². The lowest BCUT2D eigenvalue weighted by Crippen LogP contribution is -2.37. The van der Waals surface area contributed by atoms with Crippen LogP contribution in [0.3, 0.4) is 0 Å². The van der Waals surface area contributed by atoms with Crippen molar-refractivity contribution < 1.29 is 76.6 Å². The molecule has 6 amide bonds. The lowest BCUT2D eigenvalue weighted by Gasteiger charge is -2.22.